The molecule has 1 aliphatic rings. The van der Waals surface area contributed by atoms with Crippen molar-refractivity contribution in [2.75, 3.05) is 25.0 Å². The Bertz CT molecular complexity index is 716. The smallest absolute Gasteiger partial charge is 0.227 e. The summed E-state index contributed by atoms with van der Waals surface area (Å²) >= 11 is 5.92. The Morgan fingerprint density at radius 1 is 1.28 bits per heavy atom. The lowest BCUT2D eigenvalue weighted by atomic mass is 9.95. The van der Waals surface area contributed by atoms with Crippen LogP contribution < -0.4 is 5.32 Å². The Labute approximate surface area is 152 Å². The molecule has 1 aliphatic heterocycles. The molecule has 1 amide bonds. The van der Waals surface area contributed by atoms with Gasteiger partial charge in [0.15, 0.2) is 0 Å². The molecule has 3 rings (SSSR count). The molecular formula is C19H22ClN3O2. The number of pyridine rings is 1. The highest BCUT2D eigenvalue weighted by Gasteiger charge is 2.25. The summed E-state index contributed by atoms with van der Waals surface area (Å²) in [6.07, 6.45) is 4.37. The zero-order valence-corrected chi connectivity index (χ0v) is 14.7. The van der Waals surface area contributed by atoms with Crippen LogP contribution in [0.2, 0.25) is 5.02 Å². The number of rotatable bonds is 5. The molecule has 2 heterocycles. The first-order valence-electron chi connectivity index (χ1n) is 8.53. The summed E-state index contributed by atoms with van der Waals surface area (Å²) in [4.78, 5) is 19.1. The summed E-state index contributed by atoms with van der Waals surface area (Å²) < 4.78 is 0. The van der Waals surface area contributed by atoms with Crippen LogP contribution in [0.3, 0.4) is 0 Å². The lowest BCUT2D eigenvalue weighted by Gasteiger charge is -2.31. The van der Waals surface area contributed by atoms with E-state index in [4.69, 9.17) is 11.6 Å². The second kappa shape index (κ2) is 8.32. The number of nitrogens with one attached hydrogen (secondary N) is 1. The predicted octanol–water partition coefficient (Wildman–Crippen LogP) is 3.33. The van der Waals surface area contributed by atoms with Gasteiger partial charge in [-0.2, -0.15) is 0 Å². The van der Waals surface area contributed by atoms with Crippen molar-refractivity contribution in [3.63, 3.8) is 0 Å². The molecule has 0 aliphatic carbocycles. The fraction of sp³-hybridized carbons (Fsp3) is 0.368. The molecule has 6 heteroatoms. The van der Waals surface area contributed by atoms with E-state index in [2.05, 4.69) is 15.2 Å². The zero-order valence-electron chi connectivity index (χ0n) is 14.0. The summed E-state index contributed by atoms with van der Waals surface area (Å²) in [7, 11) is 0. The third-order valence-electron chi connectivity index (χ3n) is 4.59. The van der Waals surface area contributed by atoms with E-state index in [1.807, 2.05) is 24.4 Å². The van der Waals surface area contributed by atoms with Gasteiger partial charge < -0.3 is 15.3 Å². The molecule has 132 valence electrons. The number of piperidine rings is 1. The molecular weight excluding hydrogens is 338 g/mol. The fourth-order valence-corrected chi connectivity index (χ4v) is 3.25. The van der Waals surface area contributed by atoms with Crippen molar-refractivity contribution in [3.05, 3.63) is 53.3 Å². The second-order valence-corrected chi connectivity index (χ2v) is 6.77. The van der Waals surface area contributed by atoms with Crippen molar-refractivity contribution in [1.29, 1.82) is 0 Å². The number of phenolic OH excluding ortho intramolecular Hbond substituents is 1. The van der Waals surface area contributed by atoms with Gasteiger partial charge in [-0.15, -0.1) is 0 Å². The summed E-state index contributed by atoms with van der Waals surface area (Å²) in [6.45, 7) is 2.75. The number of carbonyl (C=O) groups excluding carboxylic acids is 1. The average Bonchev–Trinajstić information content (AvgIpc) is 2.64. The molecule has 0 bridgehead atoms. The highest BCUT2D eigenvalue weighted by molar-refractivity contribution is 6.31. The number of benzene rings is 1. The lowest BCUT2D eigenvalue weighted by molar-refractivity contribution is -0.121. The number of hydrogen-bond donors (Lipinski definition) is 2. The van der Waals surface area contributed by atoms with E-state index in [1.54, 1.807) is 12.1 Å². The number of halogens is 1. The van der Waals surface area contributed by atoms with Gasteiger partial charge in [-0.3, -0.25) is 9.78 Å². The minimum atomic E-state index is -0.0538. The maximum Gasteiger partial charge on any atom is 0.227 e. The molecule has 0 atom stereocenters. The first-order valence-corrected chi connectivity index (χ1v) is 8.91. The molecule has 2 N–H and O–H groups in total. The van der Waals surface area contributed by atoms with E-state index in [9.17, 15) is 9.90 Å². The van der Waals surface area contributed by atoms with Crippen LogP contribution in [0.4, 0.5) is 5.69 Å². The van der Waals surface area contributed by atoms with Crippen LogP contribution in [0.5, 0.6) is 5.75 Å². The number of amides is 1. The number of hydrogen-bond acceptors (Lipinski definition) is 4. The van der Waals surface area contributed by atoms with Gasteiger partial charge in [0.2, 0.25) is 5.91 Å². The molecule has 1 fully saturated rings. The Balaban J connectivity index is 1.47. The van der Waals surface area contributed by atoms with Crippen molar-refractivity contribution >= 4 is 23.2 Å². The van der Waals surface area contributed by atoms with Crippen LogP contribution in [0.1, 0.15) is 18.5 Å². The minimum absolute atomic E-state index is 0.0329. The van der Waals surface area contributed by atoms with Crippen LogP contribution in [-0.4, -0.2) is 40.5 Å². The summed E-state index contributed by atoms with van der Waals surface area (Å²) in [5.74, 6) is -0.0584. The van der Waals surface area contributed by atoms with E-state index in [0.717, 1.165) is 44.6 Å². The number of aromatic hydroxyl groups is 1. The Kier molecular flexibility index (Phi) is 5.89. The van der Waals surface area contributed by atoms with E-state index in [0.29, 0.717) is 10.7 Å². The third-order valence-corrected chi connectivity index (χ3v) is 4.82. The second-order valence-electron chi connectivity index (χ2n) is 6.34. The van der Waals surface area contributed by atoms with Gasteiger partial charge in [0.25, 0.3) is 0 Å². The SMILES string of the molecule is O=C(Nc1cc(Cl)ccc1O)C1CCN(CCc2ccccn2)CC1. The molecule has 1 aromatic heterocycles. The molecule has 5 nitrogen and oxygen atoms in total. The molecule has 0 spiro atoms. The Morgan fingerprint density at radius 2 is 2.08 bits per heavy atom. The van der Waals surface area contributed by atoms with Crippen molar-refractivity contribution < 1.29 is 9.90 Å². The van der Waals surface area contributed by atoms with E-state index in [1.165, 1.54) is 6.07 Å². The third kappa shape index (κ3) is 4.94. The fourth-order valence-electron chi connectivity index (χ4n) is 3.08. The van der Waals surface area contributed by atoms with Crippen LogP contribution in [0, 0.1) is 5.92 Å². The standard InChI is InChI=1S/C19H22ClN3O2/c20-15-4-5-18(24)17(13-15)22-19(25)14-6-10-23(11-7-14)12-8-16-3-1-2-9-21-16/h1-5,9,13-14,24H,6-8,10-12H2,(H,22,25). The molecule has 1 saturated heterocycles. The van der Waals surface area contributed by atoms with Crippen molar-refractivity contribution in [2.45, 2.75) is 19.3 Å². The van der Waals surface area contributed by atoms with Crippen LogP contribution >= 0.6 is 11.6 Å². The first kappa shape index (κ1) is 17.7. The lowest BCUT2D eigenvalue weighted by Crippen LogP contribution is -2.39. The van der Waals surface area contributed by atoms with Crippen molar-refractivity contribution in [1.82, 2.24) is 9.88 Å². The average molecular weight is 360 g/mol. The molecule has 0 unspecified atom stereocenters. The monoisotopic (exact) mass is 359 g/mol. The number of carbonyl (C=O) groups is 1. The molecule has 25 heavy (non-hydrogen) atoms. The van der Waals surface area contributed by atoms with E-state index >= 15 is 0 Å². The van der Waals surface area contributed by atoms with Gasteiger partial charge in [-0.05, 0) is 56.3 Å². The summed E-state index contributed by atoms with van der Waals surface area (Å²) in [6, 6.07) is 10.6. The number of aromatic nitrogens is 1. The molecule has 0 saturated carbocycles. The van der Waals surface area contributed by atoms with Gasteiger partial charge in [0.1, 0.15) is 5.75 Å². The summed E-state index contributed by atoms with van der Waals surface area (Å²) in [5.41, 5.74) is 1.47. The van der Waals surface area contributed by atoms with Crippen molar-refractivity contribution in [2.24, 2.45) is 5.92 Å². The van der Waals surface area contributed by atoms with Gasteiger partial charge in [0, 0.05) is 35.8 Å². The first-order chi connectivity index (χ1) is 12.1. The van der Waals surface area contributed by atoms with Crippen LogP contribution in [-0.2, 0) is 11.2 Å². The number of anilines is 1. The number of phenols is 1. The molecule has 2 aromatic rings. The van der Waals surface area contributed by atoms with E-state index < -0.39 is 0 Å². The highest BCUT2D eigenvalue weighted by Crippen LogP contribution is 2.28. The highest BCUT2D eigenvalue weighted by atomic mass is 35.5. The van der Waals surface area contributed by atoms with Crippen molar-refractivity contribution in [3.8, 4) is 5.75 Å². The van der Waals surface area contributed by atoms with Crippen LogP contribution in [0.15, 0.2) is 42.6 Å². The summed E-state index contributed by atoms with van der Waals surface area (Å²) in [5, 5.41) is 13.1. The van der Waals surface area contributed by atoms with Gasteiger partial charge in [-0.25, -0.2) is 0 Å². The maximum absolute atomic E-state index is 12.4. The van der Waals surface area contributed by atoms with E-state index in [-0.39, 0.29) is 17.6 Å². The predicted molar refractivity (Wildman–Crippen MR) is 98.9 cm³/mol. The topological polar surface area (TPSA) is 65.5 Å². The number of nitrogens with zero attached hydrogens (tertiary/aromatic N) is 2. The van der Waals surface area contributed by atoms with Gasteiger partial charge >= 0.3 is 0 Å². The quantitative estimate of drug-likeness (QED) is 0.804. The molecule has 1 aromatic carbocycles. The van der Waals surface area contributed by atoms with Gasteiger partial charge in [-0.1, -0.05) is 17.7 Å². The van der Waals surface area contributed by atoms with Crippen LogP contribution in [0.25, 0.3) is 0 Å². The Hall–Kier alpha value is -2.11. The number of likely N-dealkylation sites (tertiary alicyclic amines) is 1. The minimum Gasteiger partial charge on any atom is -0.506 e. The normalized spacial score (nSPS) is 15.9. The maximum atomic E-state index is 12.4. The molecule has 0 radical (unpaired) electrons. The Morgan fingerprint density at radius 3 is 2.80 bits per heavy atom. The largest absolute Gasteiger partial charge is 0.506 e. The van der Waals surface area contributed by atoms with Gasteiger partial charge in [0.05, 0.1) is 5.69 Å². The zero-order chi connectivity index (χ0) is 17.6.